The zero-order valence-corrected chi connectivity index (χ0v) is 13.5. The third-order valence-electron chi connectivity index (χ3n) is 3.03. The Morgan fingerprint density at radius 1 is 1.29 bits per heavy atom. The molecule has 0 aliphatic rings. The predicted molar refractivity (Wildman–Crippen MR) is 84.0 cm³/mol. The molecule has 0 aliphatic carbocycles. The van der Waals surface area contributed by atoms with E-state index in [-0.39, 0.29) is 12.5 Å². The fourth-order valence-corrected chi connectivity index (χ4v) is 2.39. The van der Waals surface area contributed by atoms with Crippen molar-refractivity contribution in [3.63, 3.8) is 0 Å². The molecule has 0 aliphatic heterocycles. The summed E-state index contributed by atoms with van der Waals surface area (Å²) in [5, 5.41) is 12.1. The Kier molecular flexibility index (Phi) is 4.90. The molecule has 1 aromatic heterocycles. The van der Waals surface area contributed by atoms with Gasteiger partial charge in [-0.05, 0) is 37.1 Å². The minimum atomic E-state index is -0.236. The van der Waals surface area contributed by atoms with Gasteiger partial charge < -0.3 is 4.74 Å². The Bertz CT molecular complexity index is 638. The average molecular weight is 305 g/mol. The molecule has 6 heteroatoms. The Morgan fingerprint density at radius 3 is 2.67 bits per heavy atom. The number of anilines is 1. The van der Waals surface area contributed by atoms with Crippen LogP contribution in [-0.4, -0.2) is 22.7 Å². The van der Waals surface area contributed by atoms with Crippen LogP contribution >= 0.6 is 11.3 Å². The molecule has 0 spiro atoms. The van der Waals surface area contributed by atoms with E-state index in [2.05, 4.69) is 15.5 Å². The zero-order valence-electron chi connectivity index (χ0n) is 12.6. The molecule has 1 amide bonds. The van der Waals surface area contributed by atoms with Crippen molar-refractivity contribution >= 4 is 22.4 Å². The number of nitrogens with one attached hydrogen (secondary N) is 1. The zero-order chi connectivity index (χ0) is 15.4. The highest BCUT2D eigenvalue weighted by atomic mass is 32.1. The molecule has 5 nitrogen and oxygen atoms in total. The molecule has 1 heterocycles. The molecule has 0 unspecified atom stereocenters. The van der Waals surface area contributed by atoms with Gasteiger partial charge in [-0.1, -0.05) is 31.3 Å². The van der Waals surface area contributed by atoms with Gasteiger partial charge in [0, 0.05) is 5.92 Å². The third-order valence-corrected chi connectivity index (χ3v) is 4.17. The van der Waals surface area contributed by atoms with Crippen LogP contribution in [0.4, 0.5) is 5.13 Å². The predicted octanol–water partition coefficient (Wildman–Crippen LogP) is 3.30. The fourth-order valence-electron chi connectivity index (χ4n) is 1.63. The van der Waals surface area contributed by atoms with Crippen LogP contribution in [0.2, 0.25) is 0 Å². The summed E-state index contributed by atoms with van der Waals surface area (Å²) in [4.78, 5) is 11.8. The maximum absolute atomic E-state index is 11.8. The first kappa shape index (κ1) is 15.4. The van der Waals surface area contributed by atoms with Crippen molar-refractivity contribution in [2.45, 2.75) is 33.6 Å². The normalized spacial score (nSPS) is 10.7. The van der Waals surface area contributed by atoms with Gasteiger partial charge in [-0.25, -0.2) is 0 Å². The molecule has 0 bridgehead atoms. The first-order valence-corrected chi connectivity index (χ1v) is 7.60. The Labute approximate surface area is 128 Å². The summed E-state index contributed by atoms with van der Waals surface area (Å²) in [6.45, 7) is 8.08. The summed E-state index contributed by atoms with van der Waals surface area (Å²) < 4.78 is 5.47. The van der Waals surface area contributed by atoms with E-state index in [9.17, 15) is 4.79 Å². The van der Waals surface area contributed by atoms with E-state index in [1.807, 2.05) is 45.9 Å². The fraction of sp³-hybridized carbons (Fsp3) is 0.400. The van der Waals surface area contributed by atoms with Crippen molar-refractivity contribution in [3.05, 3.63) is 34.3 Å². The van der Waals surface area contributed by atoms with Gasteiger partial charge in [0.15, 0.2) is 6.61 Å². The number of hydrogen-bond acceptors (Lipinski definition) is 5. The number of carbonyl (C=O) groups is 1. The van der Waals surface area contributed by atoms with Crippen LogP contribution in [0.1, 0.15) is 35.9 Å². The maximum atomic E-state index is 11.8. The second-order valence-electron chi connectivity index (χ2n) is 5.18. The Morgan fingerprint density at radius 2 is 2.05 bits per heavy atom. The van der Waals surface area contributed by atoms with Crippen LogP contribution in [0.5, 0.6) is 5.75 Å². The number of hydrogen-bond donors (Lipinski definition) is 1. The minimum absolute atomic E-state index is 0.0426. The second-order valence-corrected chi connectivity index (χ2v) is 6.19. The number of aryl methyl sites for hydroxylation is 2. The van der Waals surface area contributed by atoms with E-state index in [0.717, 1.165) is 10.6 Å². The van der Waals surface area contributed by atoms with Crippen LogP contribution in [0.15, 0.2) is 18.2 Å². The first-order chi connectivity index (χ1) is 9.95. The lowest BCUT2D eigenvalue weighted by molar-refractivity contribution is -0.118. The lowest BCUT2D eigenvalue weighted by Gasteiger charge is -2.07. The number of aromatic nitrogens is 2. The number of carbonyl (C=O) groups excluding carboxylic acids is 1. The lowest BCUT2D eigenvalue weighted by atomic mass is 10.1. The molecular weight excluding hydrogens is 286 g/mol. The van der Waals surface area contributed by atoms with Crippen LogP contribution < -0.4 is 10.1 Å². The van der Waals surface area contributed by atoms with Gasteiger partial charge in [0.1, 0.15) is 10.8 Å². The van der Waals surface area contributed by atoms with Crippen molar-refractivity contribution in [2.24, 2.45) is 0 Å². The lowest BCUT2D eigenvalue weighted by Crippen LogP contribution is -2.20. The van der Waals surface area contributed by atoms with Crippen molar-refractivity contribution < 1.29 is 9.53 Å². The monoisotopic (exact) mass is 305 g/mol. The van der Waals surface area contributed by atoms with Gasteiger partial charge >= 0.3 is 0 Å². The number of amides is 1. The number of rotatable bonds is 5. The van der Waals surface area contributed by atoms with Crippen LogP contribution in [0, 0.1) is 13.8 Å². The molecule has 2 rings (SSSR count). The van der Waals surface area contributed by atoms with E-state index in [0.29, 0.717) is 16.8 Å². The number of nitrogens with zero attached hydrogens (tertiary/aromatic N) is 2. The third kappa shape index (κ3) is 4.26. The van der Waals surface area contributed by atoms with Crippen molar-refractivity contribution in [1.29, 1.82) is 0 Å². The van der Waals surface area contributed by atoms with E-state index in [4.69, 9.17) is 4.74 Å². The average Bonchev–Trinajstić information content (AvgIpc) is 2.89. The van der Waals surface area contributed by atoms with Crippen LogP contribution in [0.3, 0.4) is 0 Å². The van der Waals surface area contributed by atoms with E-state index in [1.54, 1.807) is 0 Å². The number of ether oxygens (including phenoxy) is 1. The first-order valence-electron chi connectivity index (χ1n) is 6.79. The highest BCUT2D eigenvalue weighted by Crippen LogP contribution is 2.22. The SMILES string of the molecule is Cc1ccc(OCC(=O)Nc2nnc(C(C)C)s2)cc1C. The summed E-state index contributed by atoms with van der Waals surface area (Å²) in [5.41, 5.74) is 2.33. The molecule has 0 saturated carbocycles. The smallest absolute Gasteiger partial charge is 0.264 e. The van der Waals surface area contributed by atoms with Crippen molar-refractivity contribution in [2.75, 3.05) is 11.9 Å². The van der Waals surface area contributed by atoms with Gasteiger partial charge in [-0.15, -0.1) is 10.2 Å². The molecular formula is C15H19N3O2S. The maximum Gasteiger partial charge on any atom is 0.264 e. The number of benzene rings is 1. The molecule has 1 N–H and O–H groups in total. The standard InChI is InChI=1S/C15H19N3O2S/c1-9(2)14-17-18-15(21-14)16-13(19)8-20-12-6-5-10(3)11(4)7-12/h5-7,9H,8H2,1-4H3,(H,16,18,19). The highest BCUT2D eigenvalue weighted by Gasteiger charge is 2.11. The molecule has 0 fully saturated rings. The second kappa shape index (κ2) is 6.67. The van der Waals surface area contributed by atoms with E-state index < -0.39 is 0 Å². The molecule has 1 aromatic carbocycles. The minimum Gasteiger partial charge on any atom is -0.484 e. The van der Waals surface area contributed by atoms with Gasteiger partial charge in [0.2, 0.25) is 5.13 Å². The summed E-state index contributed by atoms with van der Waals surface area (Å²) in [6.07, 6.45) is 0. The van der Waals surface area contributed by atoms with Gasteiger partial charge in [-0.3, -0.25) is 10.1 Å². The molecule has 21 heavy (non-hydrogen) atoms. The van der Waals surface area contributed by atoms with Crippen LogP contribution in [0.25, 0.3) is 0 Å². The Balaban J connectivity index is 1.88. The van der Waals surface area contributed by atoms with E-state index >= 15 is 0 Å². The van der Waals surface area contributed by atoms with Gasteiger partial charge in [0.25, 0.3) is 5.91 Å². The highest BCUT2D eigenvalue weighted by molar-refractivity contribution is 7.15. The van der Waals surface area contributed by atoms with Gasteiger partial charge in [0.05, 0.1) is 0 Å². The van der Waals surface area contributed by atoms with Crippen LogP contribution in [-0.2, 0) is 4.79 Å². The summed E-state index contributed by atoms with van der Waals surface area (Å²) >= 11 is 1.39. The summed E-state index contributed by atoms with van der Waals surface area (Å²) in [7, 11) is 0. The summed E-state index contributed by atoms with van der Waals surface area (Å²) in [6, 6.07) is 5.75. The Hall–Kier alpha value is -1.95. The largest absolute Gasteiger partial charge is 0.484 e. The topological polar surface area (TPSA) is 64.1 Å². The van der Waals surface area contributed by atoms with Gasteiger partial charge in [-0.2, -0.15) is 0 Å². The molecule has 0 saturated heterocycles. The molecule has 0 radical (unpaired) electrons. The summed E-state index contributed by atoms with van der Waals surface area (Å²) in [5.74, 6) is 0.757. The quantitative estimate of drug-likeness (QED) is 0.920. The molecule has 112 valence electrons. The van der Waals surface area contributed by atoms with Crippen molar-refractivity contribution in [3.8, 4) is 5.75 Å². The van der Waals surface area contributed by atoms with Crippen molar-refractivity contribution in [1.82, 2.24) is 10.2 Å². The van der Waals surface area contributed by atoms with E-state index in [1.165, 1.54) is 16.9 Å². The molecule has 2 aromatic rings. The molecule has 0 atom stereocenters.